The summed E-state index contributed by atoms with van der Waals surface area (Å²) in [5, 5.41) is 3.11. The van der Waals surface area contributed by atoms with Crippen LogP contribution >= 0.6 is 0 Å². The van der Waals surface area contributed by atoms with Crippen molar-refractivity contribution < 1.29 is 35.9 Å². The molecule has 0 bridgehead atoms. The Hall–Kier alpha value is -1.85. The van der Waals surface area contributed by atoms with Crippen LogP contribution in [0.15, 0.2) is 24.3 Å². The highest BCUT2D eigenvalue weighted by molar-refractivity contribution is 7.89. The molecule has 1 aliphatic heterocycles. The van der Waals surface area contributed by atoms with E-state index in [1.54, 1.807) is 0 Å². The first-order valence-corrected chi connectivity index (χ1v) is 11.8. The lowest BCUT2D eigenvalue weighted by atomic mass is 10.1. The third kappa shape index (κ3) is 8.66. The number of hydrogen-bond acceptors (Lipinski definition) is 6. The van der Waals surface area contributed by atoms with Gasteiger partial charge in [-0.25, -0.2) is 12.7 Å². The maximum absolute atomic E-state index is 12.6. The van der Waals surface area contributed by atoms with Crippen molar-refractivity contribution in [3.63, 3.8) is 0 Å². The molecular formula is C20H29F3N2O5S. The maximum Gasteiger partial charge on any atom is 0.416 e. The zero-order valence-electron chi connectivity index (χ0n) is 17.5. The molecule has 0 amide bonds. The van der Waals surface area contributed by atoms with Crippen LogP contribution in [0, 0.1) is 0 Å². The molecular weight excluding hydrogens is 437 g/mol. The summed E-state index contributed by atoms with van der Waals surface area (Å²) >= 11 is 0. The predicted molar refractivity (Wildman–Crippen MR) is 109 cm³/mol. The number of benzene rings is 1. The molecule has 0 saturated carbocycles. The van der Waals surface area contributed by atoms with Crippen molar-refractivity contribution in [2.75, 3.05) is 39.0 Å². The minimum absolute atomic E-state index is 0.0292. The first-order chi connectivity index (χ1) is 14.6. The average Bonchev–Trinajstić information content (AvgIpc) is 2.73. The number of rotatable bonds is 11. The second kappa shape index (κ2) is 11.7. The summed E-state index contributed by atoms with van der Waals surface area (Å²) in [6.07, 6.45) is -2.26. The van der Waals surface area contributed by atoms with E-state index in [4.69, 9.17) is 4.74 Å². The van der Waals surface area contributed by atoms with Gasteiger partial charge in [0.15, 0.2) is 0 Å². The standard InChI is InChI=1S/C20H29F3N2O5S/c1-29-19(26)4-2-11-24-12-3-15-31(27,28)25-13-9-18(10-14-25)30-17-7-5-16(6-8-17)20(21,22)23/h5-8,18,24H,2-4,9-15H2,1H3. The smallest absolute Gasteiger partial charge is 0.416 e. The average molecular weight is 467 g/mol. The van der Waals surface area contributed by atoms with E-state index < -0.39 is 21.8 Å². The normalized spacial score (nSPS) is 16.3. The zero-order valence-corrected chi connectivity index (χ0v) is 18.3. The Morgan fingerprint density at radius 3 is 2.32 bits per heavy atom. The summed E-state index contributed by atoms with van der Waals surface area (Å²) in [5.41, 5.74) is -0.737. The summed E-state index contributed by atoms with van der Waals surface area (Å²) in [4.78, 5) is 11.0. The van der Waals surface area contributed by atoms with E-state index in [0.717, 1.165) is 12.1 Å². The SMILES string of the molecule is COC(=O)CCCNCCCS(=O)(=O)N1CCC(Oc2ccc(C(F)(F)F)cc2)CC1. The van der Waals surface area contributed by atoms with Crippen LogP contribution in [-0.2, 0) is 25.7 Å². The van der Waals surface area contributed by atoms with Gasteiger partial charge >= 0.3 is 12.1 Å². The lowest BCUT2D eigenvalue weighted by Gasteiger charge is -2.31. The molecule has 176 valence electrons. The van der Waals surface area contributed by atoms with Crippen LogP contribution in [0.3, 0.4) is 0 Å². The highest BCUT2D eigenvalue weighted by atomic mass is 32.2. The van der Waals surface area contributed by atoms with Gasteiger partial charge < -0.3 is 14.8 Å². The van der Waals surface area contributed by atoms with Gasteiger partial charge in [0.25, 0.3) is 0 Å². The fourth-order valence-electron chi connectivity index (χ4n) is 3.24. The van der Waals surface area contributed by atoms with Crippen LogP contribution in [0.5, 0.6) is 5.75 Å². The number of carbonyl (C=O) groups is 1. The summed E-state index contributed by atoms with van der Waals surface area (Å²) < 4.78 is 74.5. The first-order valence-electron chi connectivity index (χ1n) is 10.2. The number of nitrogens with one attached hydrogen (secondary N) is 1. The number of esters is 1. The number of nitrogens with zero attached hydrogens (tertiary/aromatic N) is 1. The highest BCUT2D eigenvalue weighted by Crippen LogP contribution is 2.31. The molecule has 1 aromatic rings. The second-order valence-electron chi connectivity index (χ2n) is 7.34. The molecule has 1 aliphatic rings. The Balaban J connectivity index is 1.67. The molecule has 7 nitrogen and oxygen atoms in total. The number of halogens is 3. The first kappa shape index (κ1) is 25.4. The van der Waals surface area contributed by atoms with Gasteiger partial charge in [-0.05, 0) is 63.0 Å². The van der Waals surface area contributed by atoms with Crippen molar-refractivity contribution >= 4 is 16.0 Å². The number of piperidine rings is 1. The molecule has 0 radical (unpaired) electrons. The second-order valence-corrected chi connectivity index (χ2v) is 9.43. The van der Waals surface area contributed by atoms with Crippen LogP contribution in [-0.4, -0.2) is 63.8 Å². The van der Waals surface area contributed by atoms with Crippen LogP contribution in [0.2, 0.25) is 0 Å². The van der Waals surface area contributed by atoms with Crippen molar-refractivity contribution in [1.29, 1.82) is 0 Å². The van der Waals surface area contributed by atoms with E-state index in [0.29, 0.717) is 64.0 Å². The molecule has 0 atom stereocenters. The summed E-state index contributed by atoms with van der Waals surface area (Å²) in [6.45, 7) is 1.79. The maximum atomic E-state index is 12.6. The molecule has 1 fully saturated rings. The van der Waals surface area contributed by atoms with Crippen LogP contribution < -0.4 is 10.1 Å². The molecule has 1 saturated heterocycles. The van der Waals surface area contributed by atoms with E-state index in [1.807, 2.05) is 0 Å². The third-order valence-electron chi connectivity index (χ3n) is 5.00. The summed E-state index contributed by atoms with van der Waals surface area (Å²) in [5.74, 6) is 0.101. The van der Waals surface area contributed by atoms with E-state index in [-0.39, 0.29) is 17.8 Å². The minimum Gasteiger partial charge on any atom is -0.490 e. The quantitative estimate of drug-likeness (QED) is 0.399. The Bertz CT molecular complexity index is 792. The molecule has 1 N–H and O–H groups in total. The fraction of sp³-hybridized carbons (Fsp3) is 0.650. The molecule has 2 rings (SSSR count). The van der Waals surface area contributed by atoms with Gasteiger partial charge in [0.1, 0.15) is 11.9 Å². The van der Waals surface area contributed by atoms with Gasteiger partial charge in [0.2, 0.25) is 10.0 Å². The number of ether oxygens (including phenoxy) is 2. The van der Waals surface area contributed by atoms with Crippen LogP contribution in [0.1, 0.15) is 37.7 Å². The lowest BCUT2D eigenvalue weighted by molar-refractivity contribution is -0.140. The molecule has 11 heteroatoms. The highest BCUT2D eigenvalue weighted by Gasteiger charge is 2.31. The van der Waals surface area contributed by atoms with Gasteiger partial charge in [0.05, 0.1) is 18.4 Å². The number of carbonyl (C=O) groups excluding carboxylic acids is 1. The van der Waals surface area contributed by atoms with Crippen LogP contribution in [0.4, 0.5) is 13.2 Å². The Morgan fingerprint density at radius 2 is 1.74 bits per heavy atom. The summed E-state index contributed by atoms with van der Waals surface area (Å²) in [6, 6.07) is 4.51. The predicted octanol–water partition coefficient (Wildman–Crippen LogP) is 2.81. The lowest BCUT2D eigenvalue weighted by Crippen LogP contribution is -2.43. The van der Waals surface area contributed by atoms with Gasteiger partial charge in [-0.1, -0.05) is 0 Å². The fourth-order valence-corrected chi connectivity index (χ4v) is 4.77. The van der Waals surface area contributed by atoms with E-state index >= 15 is 0 Å². The number of methoxy groups -OCH3 is 1. The van der Waals surface area contributed by atoms with Crippen molar-refractivity contribution in [3.05, 3.63) is 29.8 Å². The van der Waals surface area contributed by atoms with Crippen LogP contribution in [0.25, 0.3) is 0 Å². The summed E-state index contributed by atoms with van der Waals surface area (Å²) in [7, 11) is -2.04. The Morgan fingerprint density at radius 1 is 1.13 bits per heavy atom. The Labute approximate surface area is 180 Å². The van der Waals surface area contributed by atoms with E-state index in [2.05, 4.69) is 10.1 Å². The molecule has 0 aromatic heterocycles. The monoisotopic (exact) mass is 466 g/mol. The van der Waals surface area contributed by atoms with Gasteiger partial charge in [-0.2, -0.15) is 13.2 Å². The van der Waals surface area contributed by atoms with Crippen molar-refractivity contribution in [1.82, 2.24) is 9.62 Å². The number of alkyl halides is 3. The zero-order chi connectivity index (χ0) is 22.9. The molecule has 31 heavy (non-hydrogen) atoms. The third-order valence-corrected chi connectivity index (χ3v) is 6.95. The van der Waals surface area contributed by atoms with E-state index in [9.17, 15) is 26.4 Å². The van der Waals surface area contributed by atoms with Gasteiger partial charge in [-0.15, -0.1) is 0 Å². The minimum atomic E-state index is -4.39. The molecule has 1 heterocycles. The Kier molecular flexibility index (Phi) is 9.57. The largest absolute Gasteiger partial charge is 0.490 e. The van der Waals surface area contributed by atoms with Crippen molar-refractivity contribution in [2.45, 2.75) is 44.4 Å². The van der Waals surface area contributed by atoms with Gasteiger partial charge in [-0.3, -0.25) is 4.79 Å². The van der Waals surface area contributed by atoms with Crippen molar-refractivity contribution in [2.24, 2.45) is 0 Å². The van der Waals surface area contributed by atoms with Crippen molar-refractivity contribution in [3.8, 4) is 5.75 Å². The topological polar surface area (TPSA) is 84.9 Å². The molecule has 0 spiro atoms. The van der Waals surface area contributed by atoms with E-state index in [1.165, 1.54) is 23.5 Å². The molecule has 1 aromatic carbocycles. The molecule has 0 unspecified atom stereocenters. The van der Waals surface area contributed by atoms with Gasteiger partial charge in [0, 0.05) is 19.5 Å². The molecule has 0 aliphatic carbocycles. The number of hydrogen-bond donors (Lipinski definition) is 1. The number of sulfonamides is 1.